The van der Waals surface area contributed by atoms with E-state index in [0.29, 0.717) is 13.1 Å². The van der Waals surface area contributed by atoms with Crippen molar-refractivity contribution in [3.63, 3.8) is 0 Å². The Morgan fingerprint density at radius 3 is 1.91 bits per heavy atom. The summed E-state index contributed by atoms with van der Waals surface area (Å²) in [6.45, 7) is 7.86. The molecule has 0 aromatic heterocycles. The van der Waals surface area contributed by atoms with Gasteiger partial charge in [0.2, 0.25) is 10.0 Å². The Labute approximate surface area is 76.3 Å². The molecule has 0 amide bonds. The Kier molecular flexibility index (Phi) is 4.28. The van der Waals surface area contributed by atoms with E-state index in [1.165, 1.54) is 4.31 Å². The smallest absolute Gasteiger partial charge is 0.206 e. The van der Waals surface area contributed by atoms with Gasteiger partial charge in [0.25, 0.3) is 0 Å². The Balaban J connectivity index is 4.67. The third-order valence-corrected chi connectivity index (χ3v) is 4.31. The normalized spacial score (nSPS) is 12.0. The zero-order valence-corrected chi connectivity index (χ0v) is 9.07. The highest BCUT2D eigenvalue weighted by atomic mass is 79.9. The second kappa shape index (κ2) is 4.23. The molecule has 0 aliphatic carbocycles. The van der Waals surface area contributed by atoms with E-state index in [1.54, 1.807) is 13.8 Å². The highest BCUT2D eigenvalue weighted by Gasteiger charge is 2.19. The van der Waals surface area contributed by atoms with Crippen molar-refractivity contribution in [1.82, 2.24) is 4.31 Å². The molecule has 0 saturated carbocycles. The lowest BCUT2D eigenvalue weighted by Gasteiger charge is -2.16. The minimum absolute atomic E-state index is 0.0219. The van der Waals surface area contributed by atoms with Gasteiger partial charge in [0, 0.05) is 13.1 Å². The van der Waals surface area contributed by atoms with Gasteiger partial charge in [0.05, 0.1) is 0 Å². The monoisotopic (exact) mass is 241 g/mol. The lowest BCUT2D eigenvalue weighted by atomic mass is 10.7. The van der Waals surface area contributed by atoms with Crippen LogP contribution in [0.25, 0.3) is 0 Å². The van der Waals surface area contributed by atoms with Gasteiger partial charge < -0.3 is 0 Å². The number of hydrogen-bond donors (Lipinski definition) is 0. The van der Waals surface area contributed by atoms with Crippen LogP contribution < -0.4 is 0 Å². The topological polar surface area (TPSA) is 37.4 Å². The summed E-state index contributed by atoms with van der Waals surface area (Å²) in [5.41, 5.74) is 0. The van der Waals surface area contributed by atoms with Gasteiger partial charge in [-0.25, -0.2) is 8.42 Å². The number of halogens is 1. The molecule has 0 atom stereocenters. The van der Waals surface area contributed by atoms with Crippen LogP contribution in [0, 0.1) is 0 Å². The second-order valence-corrected chi connectivity index (χ2v) is 5.39. The summed E-state index contributed by atoms with van der Waals surface area (Å²) in [4.78, 5) is 0. The standard InChI is InChI=1S/C6H12BrNO2S/c1-4-8(5-2)11(9,10)6(3)7/h3-5H2,1-2H3. The van der Waals surface area contributed by atoms with Crippen molar-refractivity contribution < 1.29 is 8.42 Å². The molecule has 0 saturated heterocycles. The Hall–Kier alpha value is 0.130. The fourth-order valence-corrected chi connectivity index (χ4v) is 2.28. The van der Waals surface area contributed by atoms with Crippen LogP contribution in [0.4, 0.5) is 0 Å². The Morgan fingerprint density at radius 1 is 1.45 bits per heavy atom. The molecule has 0 rings (SSSR count). The average molecular weight is 242 g/mol. The third kappa shape index (κ3) is 2.57. The van der Waals surface area contributed by atoms with Crippen LogP contribution in [0.5, 0.6) is 0 Å². The number of hydrogen-bond acceptors (Lipinski definition) is 2. The predicted molar refractivity (Wildman–Crippen MR) is 49.9 cm³/mol. The average Bonchev–Trinajstić information content (AvgIpc) is 1.89. The highest BCUT2D eigenvalue weighted by molar-refractivity contribution is 9.13. The molecule has 0 aliphatic rings. The fourth-order valence-electron chi connectivity index (χ4n) is 0.704. The van der Waals surface area contributed by atoms with Crippen LogP contribution in [0.1, 0.15) is 13.8 Å². The minimum atomic E-state index is -3.28. The van der Waals surface area contributed by atoms with Crippen LogP contribution >= 0.6 is 15.9 Å². The summed E-state index contributed by atoms with van der Waals surface area (Å²) in [5.74, 6) is 0. The molecule has 11 heavy (non-hydrogen) atoms. The molecular weight excluding hydrogens is 230 g/mol. The molecule has 0 N–H and O–H groups in total. The lowest BCUT2D eigenvalue weighted by Crippen LogP contribution is -2.30. The molecule has 3 nitrogen and oxygen atoms in total. The van der Waals surface area contributed by atoms with E-state index < -0.39 is 10.0 Å². The summed E-state index contributed by atoms with van der Waals surface area (Å²) in [7, 11) is -3.28. The number of sulfonamides is 1. The summed E-state index contributed by atoms with van der Waals surface area (Å²) < 4.78 is 23.9. The first-order chi connectivity index (χ1) is 4.96. The van der Waals surface area contributed by atoms with Gasteiger partial charge in [-0.05, 0) is 15.9 Å². The molecule has 0 radical (unpaired) electrons. The summed E-state index contributed by atoms with van der Waals surface area (Å²) in [6, 6.07) is 0. The van der Waals surface area contributed by atoms with Gasteiger partial charge in [-0.3, -0.25) is 0 Å². The van der Waals surface area contributed by atoms with Crippen molar-refractivity contribution in [1.29, 1.82) is 0 Å². The summed E-state index contributed by atoms with van der Waals surface area (Å²) in [6.07, 6.45) is 0. The van der Waals surface area contributed by atoms with Crippen molar-refractivity contribution in [2.45, 2.75) is 13.8 Å². The quantitative estimate of drug-likeness (QED) is 0.749. The van der Waals surface area contributed by atoms with Gasteiger partial charge in [-0.2, -0.15) is 4.31 Å². The van der Waals surface area contributed by atoms with E-state index in [2.05, 4.69) is 22.5 Å². The predicted octanol–water partition coefficient (Wildman–Crippen LogP) is 1.52. The molecule has 0 unspecified atom stereocenters. The molecule has 5 heteroatoms. The molecule has 0 aromatic rings. The third-order valence-electron chi connectivity index (χ3n) is 1.33. The van der Waals surface area contributed by atoms with E-state index in [4.69, 9.17) is 0 Å². The first-order valence-electron chi connectivity index (χ1n) is 3.31. The maximum absolute atomic E-state index is 11.3. The van der Waals surface area contributed by atoms with Crippen LogP contribution in [0.15, 0.2) is 10.4 Å². The fraction of sp³-hybridized carbons (Fsp3) is 0.667. The van der Waals surface area contributed by atoms with E-state index >= 15 is 0 Å². The molecule has 0 spiro atoms. The lowest BCUT2D eigenvalue weighted by molar-refractivity contribution is 0.452. The SMILES string of the molecule is C=C(Br)S(=O)(=O)N(CC)CC. The molecule has 0 bridgehead atoms. The van der Waals surface area contributed by atoms with Gasteiger partial charge in [0.1, 0.15) is 3.81 Å². The largest absolute Gasteiger partial charge is 0.249 e. The van der Waals surface area contributed by atoms with Crippen molar-refractivity contribution >= 4 is 26.0 Å². The van der Waals surface area contributed by atoms with Crippen LogP contribution in [0.3, 0.4) is 0 Å². The first kappa shape index (κ1) is 11.1. The molecular formula is C6H12BrNO2S. The zero-order chi connectivity index (χ0) is 9.07. The van der Waals surface area contributed by atoms with Crippen molar-refractivity contribution in [2.24, 2.45) is 0 Å². The first-order valence-corrected chi connectivity index (χ1v) is 5.54. The van der Waals surface area contributed by atoms with Crippen molar-refractivity contribution in [2.75, 3.05) is 13.1 Å². The van der Waals surface area contributed by atoms with Gasteiger partial charge in [-0.1, -0.05) is 20.4 Å². The zero-order valence-electron chi connectivity index (χ0n) is 6.67. The highest BCUT2D eigenvalue weighted by Crippen LogP contribution is 2.15. The van der Waals surface area contributed by atoms with Gasteiger partial charge in [-0.15, -0.1) is 0 Å². The van der Waals surface area contributed by atoms with E-state index in [-0.39, 0.29) is 3.81 Å². The molecule has 0 aromatic carbocycles. The molecule has 0 heterocycles. The maximum atomic E-state index is 11.3. The Morgan fingerprint density at radius 2 is 1.82 bits per heavy atom. The van der Waals surface area contributed by atoms with Crippen LogP contribution in [0.2, 0.25) is 0 Å². The second-order valence-electron chi connectivity index (χ2n) is 1.94. The van der Waals surface area contributed by atoms with Crippen molar-refractivity contribution in [3.8, 4) is 0 Å². The minimum Gasteiger partial charge on any atom is -0.206 e. The van der Waals surface area contributed by atoms with Crippen LogP contribution in [-0.2, 0) is 10.0 Å². The van der Waals surface area contributed by atoms with Gasteiger partial charge in [0.15, 0.2) is 0 Å². The van der Waals surface area contributed by atoms with E-state index in [9.17, 15) is 8.42 Å². The van der Waals surface area contributed by atoms with Gasteiger partial charge >= 0.3 is 0 Å². The van der Waals surface area contributed by atoms with Crippen molar-refractivity contribution in [3.05, 3.63) is 10.4 Å². The molecule has 66 valence electrons. The van der Waals surface area contributed by atoms with E-state index in [1.807, 2.05) is 0 Å². The maximum Gasteiger partial charge on any atom is 0.249 e. The molecule has 0 fully saturated rings. The molecule has 0 aliphatic heterocycles. The van der Waals surface area contributed by atoms with E-state index in [0.717, 1.165) is 0 Å². The summed E-state index contributed by atoms with van der Waals surface area (Å²) >= 11 is 2.85. The number of rotatable bonds is 4. The number of nitrogens with zero attached hydrogens (tertiary/aromatic N) is 1. The summed E-state index contributed by atoms with van der Waals surface area (Å²) in [5, 5.41) is 0. The van der Waals surface area contributed by atoms with Crippen LogP contribution in [-0.4, -0.2) is 25.8 Å². The Bertz CT molecular complexity index is 231.